The molecular weight excluding hydrogens is 248 g/mol. The minimum atomic E-state index is -0.803. The predicted molar refractivity (Wildman–Crippen MR) is 73.5 cm³/mol. The normalized spacial score (nSPS) is 17.3. The Balaban J connectivity index is 0.000000771. The van der Waals surface area contributed by atoms with Crippen LogP contribution in [0, 0.1) is 11.3 Å². The fraction of sp³-hybridized carbons (Fsp3) is 0.500. The van der Waals surface area contributed by atoms with Gasteiger partial charge in [0.05, 0.1) is 16.2 Å². The minimum Gasteiger partial charge on any atom is -0.385 e. The van der Waals surface area contributed by atoms with Crippen LogP contribution in [0.4, 0.5) is 0 Å². The molecule has 2 N–H and O–H groups in total. The van der Waals surface area contributed by atoms with Gasteiger partial charge in [-0.1, -0.05) is 31.5 Å². The number of piperidine rings is 1. The summed E-state index contributed by atoms with van der Waals surface area (Å²) in [5.74, 6) is 0. The Morgan fingerprint density at radius 3 is 2.44 bits per heavy atom. The van der Waals surface area contributed by atoms with Gasteiger partial charge < -0.3 is 10.4 Å². The molecule has 1 fully saturated rings. The highest BCUT2D eigenvalue weighted by molar-refractivity contribution is 6.31. The molecule has 1 saturated heterocycles. The quantitative estimate of drug-likeness (QED) is 0.822. The van der Waals surface area contributed by atoms with Gasteiger partial charge in [0.15, 0.2) is 0 Å². The van der Waals surface area contributed by atoms with Crippen LogP contribution in [0.2, 0.25) is 5.02 Å². The largest absolute Gasteiger partial charge is 0.385 e. The second kappa shape index (κ2) is 6.75. The summed E-state index contributed by atoms with van der Waals surface area (Å²) in [6, 6.07) is 7.16. The Morgan fingerprint density at radius 2 is 1.94 bits per heavy atom. The van der Waals surface area contributed by atoms with Crippen molar-refractivity contribution in [3.8, 4) is 6.07 Å². The van der Waals surface area contributed by atoms with E-state index in [4.69, 9.17) is 16.9 Å². The van der Waals surface area contributed by atoms with Crippen molar-refractivity contribution in [3.05, 3.63) is 34.3 Å². The van der Waals surface area contributed by atoms with Crippen molar-refractivity contribution in [3.63, 3.8) is 0 Å². The molecule has 1 aliphatic rings. The van der Waals surface area contributed by atoms with E-state index in [9.17, 15) is 5.11 Å². The molecular formula is C14H19ClN2O. The van der Waals surface area contributed by atoms with Crippen LogP contribution < -0.4 is 5.32 Å². The molecule has 2 rings (SSSR count). The first kappa shape index (κ1) is 15.0. The Kier molecular flexibility index (Phi) is 5.61. The van der Waals surface area contributed by atoms with Gasteiger partial charge in [0.2, 0.25) is 0 Å². The van der Waals surface area contributed by atoms with Crippen LogP contribution in [-0.2, 0) is 5.60 Å². The van der Waals surface area contributed by atoms with Gasteiger partial charge in [-0.15, -0.1) is 0 Å². The Hall–Kier alpha value is -1.08. The summed E-state index contributed by atoms with van der Waals surface area (Å²) in [6.07, 6.45) is 1.35. The lowest BCUT2D eigenvalue weighted by Gasteiger charge is -2.33. The minimum absolute atomic E-state index is 0.409. The molecule has 1 aromatic rings. The van der Waals surface area contributed by atoms with Gasteiger partial charge in [0, 0.05) is 0 Å². The number of rotatable bonds is 1. The lowest BCUT2D eigenvalue weighted by molar-refractivity contribution is 0.00594. The maximum absolute atomic E-state index is 10.4. The third-order valence-electron chi connectivity index (χ3n) is 3.06. The summed E-state index contributed by atoms with van der Waals surface area (Å²) in [6.45, 7) is 5.60. The number of halogens is 1. The number of hydrogen-bond donors (Lipinski definition) is 2. The number of hydrogen-bond acceptors (Lipinski definition) is 3. The van der Waals surface area contributed by atoms with E-state index in [0.29, 0.717) is 23.4 Å². The molecule has 0 aromatic heterocycles. The molecule has 18 heavy (non-hydrogen) atoms. The smallest absolute Gasteiger partial charge is 0.101 e. The second-order valence-corrected chi connectivity index (χ2v) is 4.50. The molecule has 1 aliphatic heterocycles. The molecule has 98 valence electrons. The second-order valence-electron chi connectivity index (χ2n) is 4.09. The summed E-state index contributed by atoms with van der Waals surface area (Å²) in [5.41, 5.74) is 0.448. The summed E-state index contributed by atoms with van der Waals surface area (Å²) in [7, 11) is 0. The summed E-state index contributed by atoms with van der Waals surface area (Å²) in [4.78, 5) is 0. The van der Waals surface area contributed by atoms with E-state index >= 15 is 0 Å². The molecule has 4 heteroatoms. The molecule has 3 nitrogen and oxygen atoms in total. The van der Waals surface area contributed by atoms with Crippen molar-refractivity contribution in [1.29, 1.82) is 5.26 Å². The Morgan fingerprint density at radius 1 is 1.33 bits per heavy atom. The van der Waals surface area contributed by atoms with Crippen LogP contribution in [-0.4, -0.2) is 18.2 Å². The van der Waals surface area contributed by atoms with Crippen LogP contribution in [0.1, 0.15) is 37.8 Å². The van der Waals surface area contributed by atoms with Gasteiger partial charge in [-0.05, 0) is 43.6 Å². The van der Waals surface area contributed by atoms with E-state index in [1.807, 2.05) is 19.9 Å². The standard InChI is InChI=1S/C12H13ClN2O.C2H6/c13-11-7-10(2-1-9(11)8-14)12(16)3-5-15-6-4-12;1-2/h1-2,7,15-16H,3-6H2;1-2H3. The number of nitrogens with one attached hydrogen (secondary N) is 1. The van der Waals surface area contributed by atoms with Crippen LogP contribution in [0.3, 0.4) is 0 Å². The zero-order chi connectivity index (χ0) is 13.6. The van der Waals surface area contributed by atoms with Crippen LogP contribution in [0.25, 0.3) is 0 Å². The highest BCUT2D eigenvalue weighted by atomic mass is 35.5. The Bertz CT molecular complexity index is 434. The lowest BCUT2D eigenvalue weighted by Crippen LogP contribution is -2.39. The van der Waals surface area contributed by atoms with E-state index in [-0.39, 0.29) is 0 Å². The van der Waals surface area contributed by atoms with Gasteiger partial charge in [0.1, 0.15) is 6.07 Å². The fourth-order valence-corrected chi connectivity index (χ4v) is 2.25. The average molecular weight is 267 g/mol. The van der Waals surface area contributed by atoms with E-state index in [1.165, 1.54) is 0 Å². The number of benzene rings is 1. The highest BCUT2D eigenvalue weighted by Gasteiger charge is 2.31. The van der Waals surface area contributed by atoms with Gasteiger partial charge in [0.25, 0.3) is 0 Å². The monoisotopic (exact) mass is 266 g/mol. The van der Waals surface area contributed by atoms with E-state index in [0.717, 1.165) is 18.7 Å². The van der Waals surface area contributed by atoms with E-state index in [1.54, 1.807) is 18.2 Å². The van der Waals surface area contributed by atoms with Gasteiger partial charge in [-0.3, -0.25) is 0 Å². The summed E-state index contributed by atoms with van der Waals surface area (Å²) < 4.78 is 0. The van der Waals surface area contributed by atoms with E-state index < -0.39 is 5.60 Å². The average Bonchev–Trinajstić information content (AvgIpc) is 2.42. The lowest BCUT2D eigenvalue weighted by atomic mass is 9.85. The molecule has 0 spiro atoms. The topological polar surface area (TPSA) is 56.0 Å². The van der Waals surface area contributed by atoms with Crippen LogP contribution in [0.5, 0.6) is 0 Å². The summed E-state index contributed by atoms with van der Waals surface area (Å²) in [5, 5.41) is 22.8. The van der Waals surface area contributed by atoms with Crippen molar-refractivity contribution in [1.82, 2.24) is 5.32 Å². The molecule has 0 radical (unpaired) electrons. The first-order valence-corrected chi connectivity index (χ1v) is 6.67. The maximum atomic E-state index is 10.4. The van der Waals surface area contributed by atoms with Gasteiger partial charge in [-0.2, -0.15) is 5.26 Å². The van der Waals surface area contributed by atoms with Crippen molar-refractivity contribution in [2.75, 3.05) is 13.1 Å². The van der Waals surface area contributed by atoms with Crippen molar-refractivity contribution >= 4 is 11.6 Å². The Labute approximate surface area is 113 Å². The first-order chi connectivity index (χ1) is 8.65. The van der Waals surface area contributed by atoms with Crippen molar-refractivity contribution < 1.29 is 5.11 Å². The first-order valence-electron chi connectivity index (χ1n) is 6.29. The summed E-state index contributed by atoms with van der Waals surface area (Å²) >= 11 is 5.96. The number of aliphatic hydroxyl groups is 1. The number of nitriles is 1. The van der Waals surface area contributed by atoms with Crippen molar-refractivity contribution in [2.45, 2.75) is 32.3 Å². The maximum Gasteiger partial charge on any atom is 0.101 e. The molecule has 1 aromatic carbocycles. The highest BCUT2D eigenvalue weighted by Crippen LogP contribution is 2.32. The molecule has 0 unspecified atom stereocenters. The third kappa shape index (κ3) is 3.23. The molecule has 0 atom stereocenters. The van der Waals surface area contributed by atoms with Gasteiger partial charge in [-0.25, -0.2) is 0 Å². The van der Waals surface area contributed by atoms with Crippen LogP contribution in [0.15, 0.2) is 18.2 Å². The number of nitrogens with zero attached hydrogens (tertiary/aromatic N) is 1. The molecule has 1 heterocycles. The van der Waals surface area contributed by atoms with Gasteiger partial charge >= 0.3 is 0 Å². The van der Waals surface area contributed by atoms with Crippen molar-refractivity contribution in [2.24, 2.45) is 0 Å². The molecule has 0 bridgehead atoms. The molecule has 0 aliphatic carbocycles. The van der Waals surface area contributed by atoms with E-state index in [2.05, 4.69) is 5.32 Å². The SMILES string of the molecule is CC.N#Cc1ccc(C2(O)CCNCC2)cc1Cl. The fourth-order valence-electron chi connectivity index (χ4n) is 2.02. The zero-order valence-electron chi connectivity index (χ0n) is 10.8. The molecule has 0 saturated carbocycles. The zero-order valence-corrected chi connectivity index (χ0v) is 11.6. The molecule has 0 amide bonds. The third-order valence-corrected chi connectivity index (χ3v) is 3.37. The predicted octanol–water partition coefficient (Wildman–Crippen LogP) is 2.81. The van der Waals surface area contributed by atoms with Crippen LogP contribution >= 0.6 is 11.6 Å².